The fourth-order valence-corrected chi connectivity index (χ4v) is 0.629. The Labute approximate surface area is 60.3 Å². The molecular weight excluding hydrogens is 160 g/mol. The highest BCUT2D eigenvalue weighted by molar-refractivity contribution is 8.68. The first-order valence-electron chi connectivity index (χ1n) is 1.79. The summed E-state index contributed by atoms with van der Waals surface area (Å²) in [4.78, 5) is 25.2. The Kier molecular flexibility index (Phi) is 5.26. The van der Waals surface area contributed by atoms with Crippen LogP contribution in [0, 0.1) is 0 Å². The van der Waals surface area contributed by atoms with Gasteiger partial charge in [0.1, 0.15) is 0 Å². The van der Waals surface area contributed by atoms with E-state index in [-0.39, 0.29) is 0 Å². The van der Waals surface area contributed by atoms with Gasteiger partial charge in [0.2, 0.25) is 17.7 Å². The van der Waals surface area contributed by atoms with Crippen molar-refractivity contribution < 1.29 is 9.59 Å². The smallest absolute Gasteiger partial charge is 0.211 e. The Morgan fingerprint density at radius 3 is 2.00 bits per heavy atom. The maximum Gasteiger partial charge on any atom is 0.238 e. The molecule has 0 N–H and O–H groups in total. The van der Waals surface area contributed by atoms with Crippen LogP contribution in [-0.4, -0.2) is 17.7 Å². The topological polar surface area (TPSA) is 58.9 Å². The van der Waals surface area contributed by atoms with Crippen LogP contribution in [0.1, 0.15) is 0 Å². The van der Waals surface area contributed by atoms with Crippen LogP contribution in [0.25, 0.3) is 0 Å². The lowest BCUT2D eigenvalue weighted by Crippen LogP contribution is -1.87. The molecular formula is C3H2N2O2S2. The van der Waals surface area contributed by atoms with Gasteiger partial charge < -0.3 is 0 Å². The number of hydrogen-bond donors (Lipinski definition) is 1. The first-order chi connectivity index (χ1) is 4.35. The molecule has 0 heterocycles. The van der Waals surface area contributed by atoms with Crippen LogP contribution in [0.3, 0.4) is 0 Å². The Bertz CT molecular complexity index is 153. The molecule has 48 valence electrons. The molecule has 0 aromatic carbocycles. The van der Waals surface area contributed by atoms with Gasteiger partial charge in [-0.05, 0) is 10.8 Å². The maximum absolute atomic E-state index is 9.52. The van der Waals surface area contributed by atoms with Gasteiger partial charge in [-0.1, -0.05) is 0 Å². The lowest BCUT2D eigenvalue weighted by Gasteiger charge is -1.91. The van der Waals surface area contributed by atoms with Crippen molar-refractivity contribution >= 4 is 34.6 Å². The van der Waals surface area contributed by atoms with E-state index in [1.165, 1.54) is 12.2 Å². The average Bonchev–Trinajstić information content (AvgIpc) is 1.88. The van der Waals surface area contributed by atoms with E-state index < -0.39 is 5.50 Å². The van der Waals surface area contributed by atoms with Crippen molar-refractivity contribution in [2.75, 3.05) is 0 Å². The van der Waals surface area contributed by atoms with Crippen LogP contribution in [0.4, 0.5) is 0 Å². The SMILES string of the molecule is O=C=NC(N=C=O)SS. The highest BCUT2D eigenvalue weighted by Crippen LogP contribution is 2.15. The van der Waals surface area contributed by atoms with Gasteiger partial charge in [0.05, 0.1) is 0 Å². The maximum atomic E-state index is 9.52. The quantitative estimate of drug-likeness (QED) is 0.285. The zero-order valence-electron chi connectivity index (χ0n) is 4.14. The summed E-state index contributed by atoms with van der Waals surface area (Å²) in [7, 11) is 0.855. The van der Waals surface area contributed by atoms with Crippen LogP contribution in [0.5, 0.6) is 0 Å². The summed E-state index contributed by atoms with van der Waals surface area (Å²) in [5.41, 5.74) is -0.802. The lowest BCUT2D eigenvalue weighted by atomic mass is 11.1. The van der Waals surface area contributed by atoms with Crippen molar-refractivity contribution in [1.29, 1.82) is 0 Å². The second kappa shape index (κ2) is 5.59. The van der Waals surface area contributed by atoms with E-state index in [9.17, 15) is 9.59 Å². The predicted octanol–water partition coefficient (Wildman–Crippen LogP) is 0.520. The number of nitrogens with zero attached hydrogens (tertiary/aromatic N) is 2. The van der Waals surface area contributed by atoms with E-state index in [0.29, 0.717) is 0 Å². The van der Waals surface area contributed by atoms with Crippen LogP contribution in [0.15, 0.2) is 9.98 Å². The fourth-order valence-electron chi connectivity index (χ4n) is 0.166. The number of isocyanates is 2. The molecule has 9 heavy (non-hydrogen) atoms. The number of carbonyl (C=O) groups excluding carboxylic acids is 2. The summed E-state index contributed by atoms with van der Waals surface area (Å²) in [6.07, 6.45) is 2.47. The van der Waals surface area contributed by atoms with Crippen molar-refractivity contribution in [1.82, 2.24) is 0 Å². The molecule has 0 aliphatic heterocycles. The molecule has 0 saturated heterocycles. The Morgan fingerprint density at radius 1 is 1.33 bits per heavy atom. The highest BCUT2D eigenvalue weighted by Gasteiger charge is 1.98. The number of hydrogen-bond acceptors (Lipinski definition) is 6. The fraction of sp³-hybridized carbons (Fsp3) is 0.333. The lowest BCUT2D eigenvalue weighted by molar-refractivity contribution is 0.559. The minimum absolute atomic E-state index is 0.802. The summed E-state index contributed by atoms with van der Waals surface area (Å²) in [5.74, 6) is 0. The third-order valence-electron chi connectivity index (χ3n) is 0.421. The Morgan fingerprint density at radius 2 is 1.78 bits per heavy atom. The molecule has 0 fully saturated rings. The molecule has 0 atom stereocenters. The predicted molar refractivity (Wildman–Crippen MR) is 36.6 cm³/mol. The van der Waals surface area contributed by atoms with Gasteiger partial charge in [0, 0.05) is 0 Å². The second-order valence-electron chi connectivity index (χ2n) is 0.872. The third kappa shape index (κ3) is 4.00. The van der Waals surface area contributed by atoms with Crippen molar-refractivity contribution in [3.63, 3.8) is 0 Å². The zero-order valence-corrected chi connectivity index (χ0v) is 5.85. The van der Waals surface area contributed by atoms with Crippen LogP contribution in [0.2, 0.25) is 0 Å². The normalized spacial score (nSPS) is 10.8. The molecule has 0 bridgehead atoms. The molecule has 0 amide bonds. The van der Waals surface area contributed by atoms with Gasteiger partial charge >= 0.3 is 0 Å². The van der Waals surface area contributed by atoms with Gasteiger partial charge in [-0.25, -0.2) is 9.59 Å². The largest absolute Gasteiger partial charge is 0.238 e. The molecule has 0 rings (SSSR count). The number of thiol groups is 1. The van der Waals surface area contributed by atoms with Crippen molar-refractivity contribution in [3.8, 4) is 0 Å². The van der Waals surface area contributed by atoms with E-state index >= 15 is 0 Å². The molecule has 0 radical (unpaired) electrons. The highest BCUT2D eigenvalue weighted by atomic mass is 33.1. The standard InChI is InChI=1S/C3H2N2O2S2/c6-1-4-3(9-8)5-2-7/h3,8H. The third-order valence-corrected chi connectivity index (χ3v) is 1.39. The average molecular weight is 162 g/mol. The molecule has 0 saturated carbocycles. The second-order valence-corrected chi connectivity index (χ2v) is 2.14. The van der Waals surface area contributed by atoms with Gasteiger partial charge in [-0.15, -0.1) is 11.7 Å². The van der Waals surface area contributed by atoms with Crippen LogP contribution in [-0.2, 0) is 9.59 Å². The van der Waals surface area contributed by atoms with Crippen molar-refractivity contribution in [2.24, 2.45) is 9.98 Å². The molecule has 4 nitrogen and oxygen atoms in total. The molecule has 6 heteroatoms. The van der Waals surface area contributed by atoms with Gasteiger partial charge in [0.25, 0.3) is 0 Å². The summed E-state index contributed by atoms with van der Waals surface area (Å²) < 4.78 is 0. The minimum atomic E-state index is -0.802. The Balaban J connectivity index is 3.97. The van der Waals surface area contributed by atoms with E-state index in [0.717, 1.165) is 10.8 Å². The monoisotopic (exact) mass is 162 g/mol. The molecule has 0 aliphatic rings. The molecule has 0 aromatic heterocycles. The summed E-state index contributed by atoms with van der Waals surface area (Å²) in [5, 5.41) is 0. The van der Waals surface area contributed by atoms with Gasteiger partial charge in [-0.3, -0.25) is 0 Å². The van der Waals surface area contributed by atoms with E-state index in [4.69, 9.17) is 0 Å². The van der Waals surface area contributed by atoms with E-state index in [1.54, 1.807) is 0 Å². The summed E-state index contributed by atoms with van der Waals surface area (Å²) in [6.45, 7) is 0. The van der Waals surface area contributed by atoms with Crippen LogP contribution < -0.4 is 0 Å². The van der Waals surface area contributed by atoms with Crippen LogP contribution >= 0.6 is 22.5 Å². The Hall–Kier alpha value is -0.540. The van der Waals surface area contributed by atoms with Crippen molar-refractivity contribution in [3.05, 3.63) is 0 Å². The molecule has 0 spiro atoms. The number of rotatable bonds is 3. The first-order valence-corrected chi connectivity index (χ1v) is 3.72. The van der Waals surface area contributed by atoms with Gasteiger partial charge in [0.15, 0.2) is 0 Å². The minimum Gasteiger partial charge on any atom is -0.211 e. The molecule has 0 aliphatic carbocycles. The first kappa shape index (κ1) is 8.46. The summed E-state index contributed by atoms with van der Waals surface area (Å²) >= 11 is 3.66. The van der Waals surface area contributed by atoms with Gasteiger partial charge in [-0.2, -0.15) is 9.98 Å². The molecule has 0 aromatic rings. The van der Waals surface area contributed by atoms with Crippen molar-refractivity contribution in [2.45, 2.75) is 5.50 Å². The van der Waals surface area contributed by atoms with E-state index in [2.05, 4.69) is 21.6 Å². The molecule has 0 unspecified atom stereocenters. The van der Waals surface area contributed by atoms with E-state index in [1.807, 2.05) is 0 Å². The zero-order chi connectivity index (χ0) is 7.11. The summed E-state index contributed by atoms with van der Waals surface area (Å²) in [6, 6.07) is 0. The number of aliphatic imine (C=N–C) groups is 2.